The molecule has 1 aliphatic carbocycles. The van der Waals surface area contributed by atoms with Crippen LogP contribution in [0.1, 0.15) is 13.8 Å². The van der Waals surface area contributed by atoms with Gasteiger partial charge in [-0.05, 0) is 13.0 Å². The minimum atomic E-state index is -1.72. The fourth-order valence-electron chi connectivity index (χ4n) is 1.24. The van der Waals surface area contributed by atoms with Crippen molar-refractivity contribution in [2.45, 2.75) is 19.4 Å². The average Bonchev–Trinajstić information content (AvgIpc) is 2.00. The molecule has 0 radical (unpaired) electrons. The number of aliphatic hydroxyl groups is 1. The van der Waals surface area contributed by atoms with Gasteiger partial charge in [0, 0.05) is 5.92 Å². The van der Waals surface area contributed by atoms with Gasteiger partial charge in [-0.2, -0.15) is 0 Å². The molecule has 0 spiro atoms. The first-order chi connectivity index (χ1) is 5.48. The summed E-state index contributed by atoms with van der Waals surface area (Å²) in [6.45, 7) is 3.51. The molecule has 0 aromatic carbocycles. The Morgan fingerprint density at radius 3 is 2.67 bits per heavy atom. The maximum atomic E-state index is 10.7. The summed E-state index contributed by atoms with van der Waals surface area (Å²) >= 11 is 0. The zero-order valence-electron chi connectivity index (χ0n) is 7.11. The molecule has 0 saturated heterocycles. The minimum absolute atomic E-state index is 0.361. The molecule has 1 rings (SSSR count). The van der Waals surface area contributed by atoms with Gasteiger partial charge in [0.1, 0.15) is 0 Å². The molecule has 2 unspecified atom stereocenters. The van der Waals surface area contributed by atoms with Crippen molar-refractivity contribution in [1.29, 1.82) is 0 Å². The molecule has 0 amide bonds. The Morgan fingerprint density at radius 2 is 2.25 bits per heavy atom. The van der Waals surface area contributed by atoms with Crippen LogP contribution in [0.25, 0.3) is 0 Å². The van der Waals surface area contributed by atoms with E-state index in [9.17, 15) is 9.90 Å². The number of carboxylic acids is 1. The van der Waals surface area contributed by atoms with Crippen LogP contribution in [0.2, 0.25) is 0 Å². The molecule has 0 fully saturated rings. The van der Waals surface area contributed by atoms with Crippen LogP contribution in [0.15, 0.2) is 23.8 Å². The number of hydrogen-bond acceptors (Lipinski definition) is 2. The number of allylic oxidation sites excluding steroid dienone is 2. The first kappa shape index (κ1) is 9.00. The summed E-state index contributed by atoms with van der Waals surface area (Å²) in [4.78, 5) is 10.7. The zero-order chi connectivity index (χ0) is 9.35. The standard InChI is InChI=1S/C9H12O3/c1-6-4-3-5-9(12,7(6)2)8(10)11/h3-5,7,12H,1-2H3,(H,10,11). The SMILES string of the molecule is CC1=CC=CC(O)(C(=O)O)C1C. The van der Waals surface area contributed by atoms with Crippen LogP contribution in [0.5, 0.6) is 0 Å². The lowest BCUT2D eigenvalue weighted by Crippen LogP contribution is -2.44. The van der Waals surface area contributed by atoms with Crippen LogP contribution in [0, 0.1) is 5.92 Å². The molecular formula is C9H12O3. The monoisotopic (exact) mass is 168 g/mol. The van der Waals surface area contributed by atoms with E-state index < -0.39 is 11.6 Å². The highest BCUT2D eigenvalue weighted by molar-refractivity contribution is 5.81. The van der Waals surface area contributed by atoms with E-state index in [2.05, 4.69) is 0 Å². The van der Waals surface area contributed by atoms with E-state index in [0.717, 1.165) is 5.57 Å². The molecular weight excluding hydrogens is 156 g/mol. The van der Waals surface area contributed by atoms with Crippen molar-refractivity contribution in [3.05, 3.63) is 23.8 Å². The van der Waals surface area contributed by atoms with Gasteiger partial charge < -0.3 is 10.2 Å². The highest BCUT2D eigenvalue weighted by Crippen LogP contribution is 2.29. The van der Waals surface area contributed by atoms with Gasteiger partial charge in [-0.3, -0.25) is 0 Å². The van der Waals surface area contributed by atoms with Crippen LogP contribution >= 0.6 is 0 Å². The first-order valence-electron chi connectivity index (χ1n) is 3.80. The summed E-state index contributed by atoms with van der Waals surface area (Å²) in [5, 5.41) is 18.4. The molecule has 12 heavy (non-hydrogen) atoms. The molecule has 2 N–H and O–H groups in total. The second-order valence-corrected chi connectivity index (χ2v) is 3.12. The topological polar surface area (TPSA) is 57.5 Å². The second-order valence-electron chi connectivity index (χ2n) is 3.12. The van der Waals surface area contributed by atoms with Crippen molar-refractivity contribution in [3.8, 4) is 0 Å². The number of carbonyl (C=O) groups is 1. The molecule has 0 saturated carbocycles. The molecule has 3 heteroatoms. The lowest BCUT2D eigenvalue weighted by atomic mass is 9.80. The third kappa shape index (κ3) is 1.16. The highest BCUT2D eigenvalue weighted by Gasteiger charge is 2.40. The summed E-state index contributed by atoms with van der Waals surface area (Å²) in [5.74, 6) is -1.56. The van der Waals surface area contributed by atoms with E-state index in [4.69, 9.17) is 5.11 Å². The first-order valence-corrected chi connectivity index (χ1v) is 3.80. The lowest BCUT2D eigenvalue weighted by molar-refractivity contribution is -0.156. The van der Waals surface area contributed by atoms with Crippen LogP contribution < -0.4 is 0 Å². The molecule has 2 atom stereocenters. The quantitative estimate of drug-likeness (QED) is 0.613. The Kier molecular flexibility index (Phi) is 2.06. The Balaban J connectivity index is 3.03. The molecule has 0 heterocycles. The zero-order valence-corrected chi connectivity index (χ0v) is 7.11. The molecule has 0 aliphatic heterocycles. The number of hydrogen-bond donors (Lipinski definition) is 2. The van der Waals surface area contributed by atoms with Gasteiger partial charge in [0.2, 0.25) is 0 Å². The lowest BCUT2D eigenvalue weighted by Gasteiger charge is -2.29. The van der Waals surface area contributed by atoms with Gasteiger partial charge in [-0.1, -0.05) is 24.6 Å². The molecule has 0 aromatic rings. The largest absolute Gasteiger partial charge is 0.479 e. The maximum Gasteiger partial charge on any atom is 0.340 e. The van der Waals surface area contributed by atoms with Crippen LogP contribution in [-0.2, 0) is 4.79 Å². The molecule has 3 nitrogen and oxygen atoms in total. The predicted molar refractivity (Wildman–Crippen MR) is 44.6 cm³/mol. The summed E-state index contributed by atoms with van der Waals surface area (Å²) in [6, 6.07) is 0. The van der Waals surface area contributed by atoms with Gasteiger partial charge in [0.05, 0.1) is 0 Å². The normalized spacial score (nSPS) is 34.6. The summed E-state index contributed by atoms with van der Waals surface area (Å²) in [6.07, 6.45) is 4.69. The van der Waals surface area contributed by atoms with E-state index >= 15 is 0 Å². The van der Waals surface area contributed by atoms with Crippen molar-refractivity contribution >= 4 is 5.97 Å². The third-order valence-corrected chi connectivity index (χ3v) is 2.40. The van der Waals surface area contributed by atoms with Crippen molar-refractivity contribution in [3.63, 3.8) is 0 Å². The Hall–Kier alpha value is -1.09. The van der Waals surface area contributed by atoms with Gasteiger partial charge in [-0.25, -0.2) is 4.79 Å². The smallest absolute Gasteiger partial charge is 0.340 e. The molecule has 0 bridgehead atoms. The second kappa shape index (κ2) is 2.75. The Morgan fingerprint density at radius 1 is 1.67 bits per heavy atom. The van der Waals surface area contributed by atoms with Crippen LogP contribution in [0.3, 0.4) is 0 Å². The number of aliphatic carboxylic acids is 1. The van der Waals surface area contributed by atoms with E-state index in [1.807, 2.05) is 13.0 Å². The number of rotatable bonds is 1. The highest BCUT2D eigenvalue weighted by atomic mass is 16.4. The van der Waals surface area contributed by atoms with Crippen LogP contribution in [-0.4, -0.2) is 21.8 Å². The van der Waals surface area contributed by atoms with Crippen molar-refractivity contribution in [2.24, 2.45) is 5.92 Å². The summed E-state index contributed by atoms with van der Waals surface area (Å²) < 4.78 is 0. The molecule has 1 aliphatic rings. The van der Waals surface area contributed by atoms with Crippen LogP contribution in [0.4, 0.5) is 0 Å². The Bertz CT molecular complexity index is 265. The third-order valence-electron chi connectivity index (χ3n) is 2.40. The van der Waals surface area contributed by atoms with Crippen molar-refractivity contribution < 1.29 is 15.0 Å². The van der Waals surface area contributed by atoms with E-state index in [1.165, 1.54) is 6.08 Å². The predicted octanol–water partition coefficient (Wildman–Crippen LogP) is 0.954. The van der Waals surface area contributed by atoms with E-state index in [0.29, 0.717) is 0 Å². The van der Waals surface area contributed by atoms with Gasteiger partial charge in [0.15, 0.2) is 5.60 Å². The maximum absolute atomic E-state index is 10.7. The fraction of sp³-hybridized carbons (Fsp3) is 0.444. The van der Waals surface area contributed by atoms with E-state index in [-0.39, 0.29) is 5.92 Å². The number of carboxylic acid groups (broad SMARTS) is 1. The van der Waals surface area contributed by atoms with Gasteiger partial charge in [-0.15, -0.1) is 0 Å². The van der Waals surface area contributed by atoms with Crippen molar-refractivity contribution in [2.75, 3.05) is 0 Å². The Labute approximate surface area is 71.0 Å². The average molecular weight is 168 g/mol. The van der Waals surface area contributed by atoms with Gasteiger partial charge >= 0.3 is 5.97 Å². The van der Waals surface area contributed by atoms with Gasteiger partial charge in [0.25, 0.3) is 0 Å². The molecule has 66 valence electrons. The minimum Gasteiger partial charge on any atom is -0.479 e. The summed E-state index contributed by atoms with van der Waals surface area (Å²) in [7, 11) is 0. The molecule has 0 aromatic heterocycles. The fourth-order valence-corrected chi connectivity index (χ4v) is 1.24. The summed E-state index contributed by atoms with van der Waals surface area (Å²) in [5.41, 5.74) is -0.846. The van der Waals surface area contributed by atoms with Crippen molar-refractivity contribution in [1.82, 2.24) is 0 Å². The van der Waals surface area contributed by atoms with E-state index in [1.54, 1.807) is 13.0 Å².